The summed E-state index contributed by atoms with van der Waals surface area (Å²) in [5.74, 6) is -0.126. The van der Waals surface area contributed by atoms with E-state index in [1.165, 1.54) is 10.6 Å². The van der Waals surface area contributed by atoms with Gasteiger partial charge in [0.05, 0.1) is 12.1 Å². The van der Waals surface area contributed by atoms with E-state index in [0.29, 0.717) is 23.7 Å². The van der Waals surface area contributed by atoms with Crippen molar-refractivity contribution in [2.24, 2.45) is 0 Å². The number of carbonyl (C=O) groups is 1. The van der Waals surface area contributed by atoms with Gasteiger partial charge in [-0.15, -0.1) is 0 Å². The first-order valence-electron chi connectivity index (χ1n) is 7.75. The Hall–Kier alpha value is -2.37. The van der Waals surface area contributed by atoms with Crippen molar-refractivity contribution in [2.75, 3.05) is 7.05 Å². The Balaban J connectivity index is 1.82. The molecule has 128 valence electrons. The number of pyridine rings is 1. The smallest absolute Gasteiger partial charge is 0.255 e. The summed E-state index contributed by atoms with van der Waals surface area (Å²) < 4.78 is 1.51. The lowest BCUT2D eigenvalue weighted by Crippen LogP contribution is -2.28. The van der Waals surface area contributed by atoms with Gasteiger partial charge in [-0.3, -0.25) is 9.59 Å². The van der Waals surface area contributed by atoms with Gasteiger partial charge < -0.3 is 9.47 Å². The minimum atomic E-state index is -0.169. The first-order chi connectivity index (χ1) is 12.0. The Morgan fingerprint density at radius 1 is 1.20 bits per heavy atom. The standard InChI is InChI=1S/C19H17ClN2O2S/c1-21(10-14-8-9-25-13-14)19(24)16-6-7-18(23)22(12-16)11-15-4-2-3-5-17(15)20/h2-9,12-13H,10-11H2,1H3. The number of thiophene rings is 1. The third kappa shape index (κ3) is 4.18. The molecule has 25 heavy (non-hydrogen) atoms. The monoisotopic (exact) mass is 372 g/mol. The number of rotatable bonds is 5. The van der Waals surface area contributed by atoms with Crippen molar-refractivity contribution in [2.45, 2.75) is 13.1 Å². The molecule has 0 saturated heterocycles. The Labute approximate surface area is 154 Å². The van der Waals surface area contributed by atoms with E-state index in [9.17, 15) is 9.59 Å². The third-order valence-corrected chi connectivity index (χ3v) is 4.98. The average Bonchev–Trinajstić information content (AvgIpc) is 3.11. The third-order valence-electron chi connectivity index (χ3n) is 3.88. The van der Waals surface area contributed by atoms with Crippen molar-refractivity contribution in [3.8, 4) is 0 Å². The second-order valence-electron chi connectivity index (χ2n) is 5.77. The Morgan fingerprint density at radius 3 is 2.72 bits per heavy atom. The van der Waals surface area contributed by atoms with Crippen molar-refractivity contribution in [3.63, 3.8) is 0 Å². The summed E-state index contributed by atoms with van der Waals surface area (Å²) in [5.41, 5.74) is 2.23. The Bertz CT molecular complexity index is 935. The fraction of sp³-hybridized carbons (Fsp3) is 0.158. The van der Waals surface area contributed by atoms with Crippen LogP contribution in [0, 0.1) is 0 Å². The number of nitrogens with zero attached hydrogens (tertiary/aromatic N) is 2. The van der Waals surface area contributed by atoms with E-state index in [-0.39, 0.29) is 11.5 Å². The number of carbonyl (C=O) groups excluding carboxylic acids is 1. The van der Waals surface area contributed by atoms with Gasteiger partial charge in [-0.2, -0.15) is 11.3 Å². The number of halogens is 1. The fourth-order valence-corrected chi connectivity index (χ4v) is 3.40. The van der Waals surface area contributed by atoms with E-state index < -0.39 is 0 Å². The molecule has 0 spiro atoms. The SMILES string of the molecule is CN(Cc1ccsc1)C(=O)c1ccc(=O)n(Cc2ccccc2Cl)c1. The number of benzene rings is 1. The van der Waals surface area contributed by atoms with Crippen LogP contribution in [0.15, 0.2) is 64.2 Å². The first kappa shape index (κ1) is 17.5. The molecule has 0 radical (unpaired) electrons. The summed E-state index contributed by atoms with van der Waals surface area (Å²) in [6, 6.07) is 12.3. The average molecular weight is 373 g/mol. The van der Waals surface area contributed by atoms with E-state index in [0.717, 1.165) is 11.1 Å². The highest BCUT2D eigenvalue weighted by atomic mass is 35.5. The molecule has 1 amide bonds. The van der Waals surface area contributed by atoms with Gasteiger partial charge in [0.15, 0.2) is 0 Å². The van der Waals surface area contributed by atoms with Crippen LogP contribution in [0.2, 0.25) is 5.02 Å². The Kier molecular flexibility index (Phi) is 5.36. The number of amides is 1. The molecule has 0 saturated carbocycles. The van der Waals surface area contributed by atoms with E-state index in [1.807, 2.05) is 35.0 Å². The number of hydrogen-bond donors (Lipinski definition) is 0. The van der Waals surface area contributed by atoms with Gasteiger partial charge in [0, 0.05) is 30.9 Å². The van der Waals surface area contributed by atoms with Gasteiger partial charge in [-0.05, 0) is 40.1 Å². The molecule has 0 fully saturated rings. The lowest BCUT2D eigenvalue weighted by Gasteiger charge is -2.17. The summed E-state index contributed by atoms with van der Waals surface area (Å²) >= 11 is 7.77. The minimum absolute atomic E-state index is 0.126. The summed E-state index contributed by atoms with van der Waals surface area (Å²) in [5, 5.41) is 4.60. The molecule has 0 atom stereocenters. The van der Waals surface area contributed by atoms with E-state index >= 15 is 0 Å². The first-order valence-corrected chi connectivity index (χ1v) is 9.07. The molecule has 2 aromatic heterocycles. The van der Waals surface area contributed by atoms with Crippen molar-refractivity contribution in [1.82, 2.24) is 9.47 Å². The van der Waals surface area contributed by atoms with Gasteiger partial charge in [0.2, 0.25) is 0 Å². The van der Waals surface area contributed by atoms with Gasteiger partial charge in [-0.1, -0.05) is 29.8 Å². The van der Waals surface area contributed by atoms with Crippen molar-refractivity contribution < 1.29 is 4.79 Å². The van der Waals surface area contributed by atoms with E-state index in [2.05, 4.69) is 0 Å². The van der Waals surface area contributed by atoms with Crippen LogP contribution in [0.4, 0.5) is 0 Å². The molecule has 0 unspecified atom stereocenters. The second-order valence-corrected chi connectivity index (χ2v) is 6.96. The number of aromatic nitrogens is 1. The highest BCUT2D eigenvalue weighted by Crippen LogP contribution is 2.16. The van der Waals surface area contributed by atoms with Crippen molar-refractivity contribution in [3.05, 3.63) is 91.5 Å². The van der Waals surface area contributed by atoms with Crippen LogP contribution in [0.5, 0.6) is 0 Å². The molecular formula is C19H17ClN2O2S. The van der Waals surface area contributed by atoms with E-state index in [1.54, 1.807) is 41.6 Å². The van der Waals surface area contributed by atoms with Gasteiger partial charge in [0.1, 0.15) is 0 Å². The number of hydrogen-bond acceptors (Lipinski definition) is 3. The summed E-state index contributed by atoms with van der Waals surface area (Å²) in [6.07, 6.45) is 1.60. The lowest BCUT2D eigenvalue weighted by atomic mass is 10.2. The molecule has 0 aliphatic rings. The summed E-state index contributed by atoms with van der Waals surface area (Å²) in [6.45, 7) is 0.861. The maximum atomic E-state index is 12.6. The minimum Gasteiger partial charge on any atom is -0.337 e. The zero-order chi connectivity index (χ0) is 17.8. The molecule has 6 heteroatoms. The van der Waals surface area contributed by atoms with Crippen molar-refractivity contribution >= 4 is 28.8 Å². The van der Waals surface area contributed by atoms with Gasteiger partial charge in [-0.25, -0.2) is 0 Å². The van der Waals surface area contributed by atoms with Crippen LogP contribution in [-0.4, -0.2) is 22.4 Å². The normalized spacial score (nSPS) is 10.6. The second kappa shape index (κ2) is 7.68. The lowest BCUT2D eigenvalue weighted by molar-refractivity contribution is 0.0784. The molecule has 0 aliphatic carbocycles. The molecule has 1 aromatic carbocycles. The fourth-order valence-electron chi connectivity index (χ4n) is 2.54. The molecule has 2 heterocycles. The molecule has 3 aromatic rings. The van der Waals surface area contributed by atoms with Crippen molar-refractivity contribution in [1.29, 1.82) is 0 Å². The molecule has 4 nitrogen and oxygen atoms in total. The predicted octanol–water partition coefficient (Wildman–Crippen LogP) is 3.88. The van der Waals surface area contributed by atoms with Crippen LogP contribution < -0.4 is 5.56 Å². The maximum Gasteiger partial charge on any atom is 0.255 e. The summed E-state index contributed by atoms with van der Waals surface area (Å²) in [4.78, 5) is 26.4. The van der Waals surface area contributed by atoms with Crippen LogP contribution in [0.1, 0.15) is 21.5 Å². The quantitative estimate of drug-likeness (QED) is 0.682. The van der Waals surface area contributed by atoms with Crippen LogP contribution in [0.25, 0.3) is 0 Å². The molecule has 3 rings (SSSR count). The van der Waals surface area contributed by atoms with Gasteiger partial charge in [0.25, 0.3) is 11.5 Å². The highest BCUT2D eigenvalue weighted by Gasteiger charge is 2.14. The Morgan fingerprint density at radius 2 is 2.00 bits per heavy atom. The molecular weight excluding hydrogens is 356 g/mol. The topological polar surface area (TPSA) is 42.3 Å². The maximum absolute atomic E-state index is 12.6. The molecule has 0 aliphatic heterocycles. The van der Waals surface area contributed by atoms with Crippen LogP contribution >= 0.6 is 22.9 Å². The molecule has 0 N–H and O–H groups in total. The highest BCUT2D eigenvalue weighted by molar-refractivity contribution is 7.07. The zero-order valence-electron chi connectivity index (χ0n) is 13.7. The van der Waals surface area contributed by atoms with Crippen LogP contribution in [0.3, 0.4) is 0 Å². The van der Waals surface area contributed by atoms with Gasteiger partial charge >= 0.3 is 0 Å². The zero-order valence-corrected chi connectivity index (χ0v) is 15.3. The largest absolute Gasteiger partial charge is 0.337 e. The van der Waals surface area contributed by atoms with E-state index in [4.69, 9.17) is 11.6 Å². The molecule has 0 bridgehead atoms. The predicted molar refractivity (Wildman–Crippen MR) is 101 cm³/mol. The van der Waals surface area contributed by atoms with Crippen LogP contribution in [-0.2, 0) is 13.1 Å². The summed E-state index contributed by atoms with van der Waals surface area (Å²) in [7, 11) is 1.75.